The molecule has 1 aliphatic heterocycles. The Morgan fingerprint density at radius 3 is 1.93 bits per heavy atom. The molecule has 0 atom stereocenters. The lowest BCUT2D eigenvalue weighted by Crippen LogP contribution is -2.48. The van der Waals surface area contributed by atoms with Gasteiger partial charge in [-0.25, -0.2) is 0 Å². The smallest absolute Gasteiger partial charge is 0.198 e. The summed E-state index contributed by atoms with van der Waals surface area (Å²) in [6.07, 6.45) is 4.69. The van der Waals surface area contributed by atoms with Crippen LogP contribution in [-0.4, -0.2) is 12.1 Å². The van der Waals surface area contributed by atoms with Crippen LogP contribution in [-0.2, 0) is 19.6 Å². The Morgan fingerprint density at radius 2 is 1.47 bits per heavy atom. The largest absolute Gasteiger partial charge is 0.234 e. The molecule has 0 amide bonds. The van der Waals surface area contributed by atoms with E-state index in [1.807, 2.05) is 20.8 Å². The molecular formula is C11H20O4. The van der Waals surface area contributed by atoms with Gasteiger partial charge in [0.1, 0.15) is 0 Å². The Hall–Kier alpha value is -0.160. The molecule has 1 saturated heterocycles. The van der Waals surface area contributed by atoms with E-state index in [4.69, 9.17) is 19.6 Å². The fraction of sp³-hybridized carbons (Fsp3) is 1.00. The molecule has 0 aromatic heterocycles. The average Bonchev–Trinajstić information content (AvgIpc) is 2.18. The highest BCUT2D eigenvalue weighted by atomic mass is 17.4. The number of hydrogen-bond donors (Lipinski definition) is 0. The Balaban J connectivity index is 1.91. The van der Waals surface area contributed by atoms with Gasteiger partial charge in [0.05, 0.1) is 0 Å². The molecule has 2 rings (SSSR count). The van der Waals surface area contributed by atoms with Crippen molar-refractivity contribution in [2.75, 3.05) is 0 Å². The average molecular weight is 216 g/mol. The highest BCUT2D eigenvalue weighted by Crippen LogP contribution is 2.39. The fourth-order valence-corrected chi connectivity index (χ4v) is 1.84. The maximum Gasteiger partial charge on any atom is 0.234 e. The SMILES string of the molecule is CC(C)(C)C1OOC2(CCCCC2)OO1. The highest BCUT2D eigenvalue weighted by molar-refractivity contribution is 4.75. The Morgan fingerprint density at radius 1 is 0.933 bits per heavy atom. The van der Waals surface area contributed by atoms with Crippen LogP contribution in [0.1, 0.15) is 52.9 Å². The molecule has 0 bridgehead atoms. The van der Waals surface area contributed by atoms with Crippen LogP contribution in [0.5, 0.6) is 0 Å². The van der Waals surface area contributed by atoms with Crippen LogP contribution >= 0.6 is 0 Å². The molecule has 0 aromatic rings. The van der Waals surface area contributed by atoms with E-state index in [0.717, 1.165) is 25.7 Å². The minimum Gasteiger partial charge on any atom is -0.198 e. The molecule has 88 valence electrons. The highest BCUT2D eigenvalue weighted by Gasteiger charge is 2.45. The van der Waals surface area contributed by atoms with Crippen LogP contribution in [0.15, 0.2) is 0 Å². The van der Waals surface area contributed by atoms with E-state index in [2.05, 4.69) is 0 Å². The van der Waals surface area contributed by atoms with E-state index in [1.165, 1.54) is 6.42 Å². The predicted molar refractivity (Wildman–Crippen MR) is 53.4 cm³/mol. The third-order valence-corrected chi connectivity index (χ3v) is 2.90. The van der Waals surface area contributed by atoms with Crippen molar-refractivity contribution in [3.8, 4) is 0 Å². The summed E-state index contributed by atoms with van der Waals surface area (Å²) in [5, 5.41) is 0. The second-order valence-electron chi connectivity index (χ2n) is 5.53. The van der Waals surface area contributed by atoms with Crippen LogP contribution in [0.3, 0.4) is 0 Å². The molecule has 15 heavy (non-hydrogen) atoms. The first-order chi connectivity index (χ1) is 7.02. The van der Waals surface area contributed by atoms with Gasteiger partial charge in [-0.2, -0.15) is 19.6 Å². The molecule has 0 radical (unpaired) electrons. The number of hydrogen-bond acceptors (Lipinski definition) is 4. The normalized spacial score (nSPS) is 28.2. The molecule has 1 aliphatic carbocycles. The Labute approximate surface area is 90.7 Å². The molecule has 4 heteroatoms. The van der Waals surface area contributed by atoms with Gasteiger partial charge in [-0.05, 0) is 12.8 Å². The lowest BCUT2D eigenvalue weighted by atomic mass is 9.94. The first-order valence-corrected chi connectivity index (χ1v) is 5.71. The molecule has 1 heterocycles. The fourth-order valence-electron chi connectivity index (χ4n) is 1.84. The molecule has 1 saturated carbocycles. The van der Waals surface area contributed by atoms with Crippen LogP contribution in [0, 0.1) is 5.41 Å². The maximum absolute atomic E-state index is 5.40. The zero-order valence-electron chi connectivity index (χ0n) is 9.75. The molecule has 0 unspecified atom stereocenters. The van der Waals surface area contributed by atoms with E-state index in [0.29, 0.717) is 0 Å². The molecule has 4 nitrogen and oxygen atoms in total. The summed E-state index contributed by atoms with van der Waals surface area (Å²) >= 11 is 0. The zero-order chi connectivity index (χ0) is 10.9. The summed E-state index contributed by atoms with van der Waals surface area (Å²) in [6.45, 7) is 6.05. The molecule has 1 spiro atoms. The summed E-state index contributed by atoms with van der Waals surface area (Å²) in [5.74, 6) is -0.639. The van der Waals surface area contributed by atoms with Gasteiger partial charge >= 0.3 is 0 Å². The van der Waals surface area contributed by atoms with Gasteiger partial charge in [0.2, 0.25) is 12.1 Å². The van der Waals surface area contributed by atoms with Crippen molar-refractivity contribution in [3.05, 3.63) is 0 Å². The summed E-state index contributed by atoms with van der Waals surface area (Å²) in [5.41, 5.74) is -0.143. The summed E-state index contributed by atoms with van der Waals surface area (Å²) < 4.78 is 0. The topological polar surface area (TPSA) is 36.9 Å². The van der Waals surface area contributed by atoms with Gasteiger partial charge in [-0.1, -0.05) is 27.2 Å². The maximum atomic E-state index is 5.40. The monoisotopic (exact) mass is 216 g/mol. The lowest BCUT2D eigenvalue weighted by Gasteiger charge is -2.42. The van der Waals surface area contributed by atoms with Gasteiger partial charge < -0.3 is 0 Å². The minimum absolute atomic E-state index is 0.143. The second kappa shape index (κ2) is 4.01. The summed E-state index contributed by atoms with van der Waals surface area (Å²) in [4.78, 5) is 21.4. The van der Waals surface area contributed by atoms with Gasteiger partial charge in [0.25, 0.3) is 0 Å². The lowest BCUT2D eigenvalue weighted by molar-refractivity contribution is -0.638. The van der Waals surface area contributed by atoms with E-state index in [9.17, 15) is 0 Å². The van der Waals surface area contributed by atoms with Gasteiger partial charge in [-0.3, -0.25) is 0 Å². The molecular weight excluding hydrogens is 196 g/mol. The molecule has 0 N–H and O–H groups in total. The third-order valence-electron chi connectivity index (χ3n) is 2.90. The molecule has 0 aromatic carbocycles. The summed E-state index contributed by atoms with van der Waals surface area (Å²) in [7, 11) is 0. The van der Waals surface area contributed by atoms with Crippen molar-refractivity contribution >= 4 is 0 Å². The van der Waals surface area contributed by atoms with E-state index < -0.39 is 12.1 Å². The van der Waals surface area contributed by atoms with Crippen LogP contribution < -0.4 is 0 Å². The van der Waals surface area contributed by atoms with E-state index in [-0.39, 0.29) is 5.41 Å². The van der Waals surface area contributed by atoms with Gasteiger partial charge in [0, 0.05) is 18.3 Å². The Kier molecular flexibility index (Phi) is 3.03. The van der Waals surface area contributed by atoms with E-state index >= 15 is 0 Å². The van der Waals surface area contributed by atoms with Crippen molar-refractivity contribution in [1.29, 1.82) is 0 Å². The van der Waals surface area contributed by atoms with Crippen molar-refractivity contribution in [1.82, 2.24) is 0 Å². The zero-order valence-corrected chi connectivity index (χ0v) is 9.75. The van der Waals surface area contributed by atoms with Crippen LogP contribution in [0.4, 0.5) is 0 Å². The summed E-state index contributed by atoms with van der Waals surface area (Å²) in [6, 6.07) is 0. The molecule has 2 aliphatic rings. The standard InChI is InChI=1S/C11H20O4/c1-10(2,3)9-12-14-11(15-13-9)7-5-4-6-8-11/h9H,4-8H2,1-3H3. The minimum atomic E-state index is -0.639. The molecule has 2 fully saturated rings. The second-order valence-corrected chi connectivity index (χ2v) is 5.53. The van der Waals surface area contributed by atoms with Crippen molar-refractivity contribution < 1.29 is 19.6 Å². The Bertz CT molecular complexity index is 205. The first kappa shape index (κ1) is 11.3. The first-order valence-electron chi connectivity index (χ1n) is 5.71. The van der Waals surface area contributed by atoms with Crippen LogP contribution in [0.25, 0.3) is 0 Å². The number of rotatable bonds is 0. The van der Waals surface area contributed by atoms with Gasteiger partial charge in [-0.15, -0.1) is 0 Å². The predicted octanol–water partition coefficient (Wildman–Crippen LogP) is 2.93. The van der Waals surface area contributed by atoms with Crippen molar-refractivity contribution in [2.24, 2.45) is 5.41 Å². The third kappa shape index (κ3) is 2.50. The van der Waals surface area contributed by atoms with Gasteiger partial charge in [0.15, 0.2) is 0 Å². The van der Waals surface area contributed by atoms with E-state index in [1.54, 1.807) is 0 Å². The van der Waals surface area contributed by atoms with Crippen molar-refractivity contribution in [2.45, 2.75) is 65.0 Å². The van der Waals surface area contributed by atoms with Crippen LogP contribution in [0.2, 0.25) is 0 Å². The quantitative estimate of drug-likeness (QED) is 0.583. The van der Waals surface area contributed by atoms with Crippen molar-refractivity contribution in [3.63, 3.8) is 0 Å².